The van der Waals surface area contributed by atoms with Crippen molar-refractivity contribution in [2.75, 3.05) is 0 Å². The second-order valence-corrected chi connectivity index (χ2v) is 24.4. The lowest BCUT2D eigenvalue weighted by molar-refractivity contribution is 1.19. The van der Waals surface area contributed by atoms with Crippen molar-refractivity contribution in [1.29, 1.82) is 0 Å². The molecule has 0 bridgehead atoms. The Morgan fingerprint density at radius 2 is 0.722 bits per heavy atom. The normalized spacial score (nSPS) is 14.2. The van der Waals surface area contributed by atoms with Crippen molar-refractivity contribution in [3.63, 3.8) is 0 Å². The molecule has 2 aliphatic heterocycles. The molecule has 2 aliphatic rings. The standard InChI is InChI=1S/C50H40N2Si2/c1-53(2)46-27-13-11-21-38(46)40-23-15-25-42(48(40)53)45-32-44(37-30-35(33-17-7-5-8-18-33)29-36(31-37)34-19-9-6-10-20-34)51-50(52-45)43-26-16-24-41-39-22-12-14-28-47(39)54(3,4)49(41)43/h5-32H,1-4H3. The number of rotatable bonds is 5. The van der Waals surface area contributed by atoms with Gasteiger partial charge in [-0.1, -0.05) is 172 Å². The Kier molecular flexibility index (Phi) is 7.45. The molecular weight excluding hydrogens is 685 g/mol. The van der Waals surface area contributed by atoms with Crippen LogP contribution in [0.4, 0.5) is 0 Å². The lowest BCUT2D eigenvalue weighted by Gasteiger charge is -2.23. The van der Waals surface area contributed by atoms with E-state index >= 15 is 0 Å². The van der Waals surface area contributed by atoms with E-state index in [1.807, 2.05) is 0 Å². The topological polar surface area (TPSA) is 25.8 Å². The van der Waals surface area contributed by atoms with Crippen LogP contribution in [0, 0.1) is 0 Å². The van der Waals surface area contributed by atoms with Crippen LogP contribution in [0.1, 0.15) is 0 Å². The molecule has 7 aromatic carbocycles. The number of hydrogen-bond donors (Lipinski definition) is 0. The fourth-order valence-corrected chi connectivity index (χ4v) is 16.2. The summed E-state index contributed by atoms with van der Waals surface area (Å²) in [5.74, 6) is 0.798. The SMILES string of the molecule is C[Si]1(C)c2ccccc2-c2cccc(-c3cc(-c4cc(-c5ccccc5)cc(-c5ccccc5)c4)nc(-c4cccc5c4[Si](C)(C)c4ccccc4-5)n3)c21. The Hall–Kier alpha value is -5.95. The smallest absolute Gasteiger partial charge is 0.160 e. The van der Waals surface area contributed by atoms with E-state index in [0.717, 1.165) is 28.3 Å². The molecule has 0 amide bonds. The fraction of sp³-hybridized carbons (Fsp3) is 0.0800. The minimum absolute atomic E-state index is 0.798. The Morgan fingerprint density at radius 1 is 0.315 bits per heavy atom. The highest BCUT2D eigenvalue weighted by Gasteiger charge is 2.41. The summed E-state index contributed by atoms with van der Waals surface area (Å²) in [6, 6.07) is 62.2. The molecule has 0 N–H and O–H groups in total. The van der Waals surface area contributed by atoms with Gasteiger partial charge in [0.25, 0.3) is 0 Å². The Morgan fingerprint density at radius 3 is 1.28 bits per heavy atom. The molecule has 0 aliphatic carbocycles. The molecule has 0 saturated heterocycles. The van der Waals surface area contributed by atoms with E-state index < -0.39 is 16.1 Å². The van der Waals surface area contributed by atoms with Crippen LogP contribution in [0.25, 0.3) is 78.4 Å². The third kappa shape index (κ3) is 5.05. The van der Waals surface area contributed by atoms with E-state index in [1.165, 1.54) is 70.8 Å². The molecule has 0 unspecified atom stereocenters. The molecule has 258 valence electrons. The summed E-state index contributed by atoms with van der Waals surface area (Å²) in [5, 5.41) is 5.87. The summed E-state index contributed by atoms with van der Waals surface area (Å²) in [6.07, 6.45) is 0. The van der Waals surface area contributed by atoms with Gasteiger partial charge < -0.3 is 0 Å². The first kappa shape index (κ1) is 32.7. The van der Waals surface area contributed by atoms with Gasteiger partial charge in [-0.25, -0.2) is 9.97 Å². The first-order chi connectivity index (χ1) is 26.3. The third-order valence-electron chi connectivity index (χ3n) is 11.8. The van der Waals surface area contributed by atoms with Crippen LogP contribution in [0.15, 0.2) is 170 Å². The Balaban J connectivity index is 1.26. The van der Waals surface area contributed by atoms with E-state index in [4.69, 9.17) is 9.97 Å². The maximum absolute atomic E-state index is 5.61. The summed E-state index contributed by atoms with van der Waals surface area (Å²) < 4.78 is 0. The fourth-order valence-electron chi connectivity index (χ4n) is 9.32. The molecule has 1 aromatic heterocycles. The highest BCUT2D eigenvalue weighted by atomic mass is 28.3. The van der Waals surface area contributed by atoms with Gasteiger partial charge in [-0.3, -0.25) is 0 Å². The van der Waals surface area contributed by atoms with Crippen molar-refractivity contribution in [2.24, 2.45) is 0 Å². The second kappa shape index (κ2) is 12.3. The van der Waals surface area contributed by atoms with Crippen molar-refractivity contribution in [3.8, 4) is 78.4 Å². The first-order valence-electron chi connectivity index (χ1n) is 18.9. The third-order valence-corrected chi connectivity index (χ3v) is 19.0. The second-order valence-electron chi connectivity index (χ2n) is 15.8. The van der Waals surface area contributed by atoms with Gasteiger partial charge in [0.05, 0.1) is 11.4 Å². The van der Waals surface area contributed by atoms with Crippen LogP contribution in [-0.4, -0.2) is 26.1 Å². The van der Waals surface area contributed by atoms with E-state index in [-0.39, 0.29) is 0 Å². The monoisotopic (exact) mass is 724 g/mol. The van der Waals surface area contributed by atoms with Crippen LogP contribution < -0.4 is 20.7 Å². The number of hydrogen-bond acceptors (Lipinski definition) is 2. The predicted molar refractivity (Wildman–Crippen MR) is 234 cm³/mol. The summed E-state index contributed by atoms with van der Waals surface area (Å²) in [7, 11) is -4.11. The van der Waals surface area contributed by atoms with Crippen molar-refractivity contribution in [3.05, 3.63) is 170 Å². The number of benzene rings is 7. The Bertz CT molecular complexity index is 2590. The summed E-state index contributed by atoms with van der Waals surface area (Å²) >= 11 is 0. The van der Waals surface area contributed by atoms with Gasteiger partial charge >= 0.3 is 0 Å². The molecule has 0 fully saturated rings. The molecule has 0 saturated carbocycles. The van der Waals surface area contributed by atoms with Crippen molar-refractivity contribution >= 4 is 36.9 Å². The highest BCUT2D eigenvalue weighted by Crippen LogP contribution is 2.38. The van der Waals surface area contributed by atoms with Crippen molar-refractivity contribution in [2.45, 2.75) is 26.2 Å². The molecule has 54 heavy (non-hydrogen) atoms. The molecule has 8 aromatic rings. The van der Waals surface area contributed by atoms with E-state index in [1.54, 1.807) is 0 Å². The van der Waals surface area contributed by atoms with Gasteiger partial charge in [0.2, 0.25) is 0 Å². The molecular formula is C50H40N2Si2. The van der Waals surface area contributed by atoms with Gasteiger partial charge in [-0.05, 0) is 89.5 Å². The van der Waals surface area contributed by atoms with E-state index in [9.17, 15) is 0 Å². The number of nitrogens with zero attached hydrogens (tertiary/aromatic N) is 2. The van der Waals surface area contributed by atoms with Crippen molar-refractivity contribution < 1.29 is 0 Å². The van der Waals surface area contributed by atoms with Gasteiger partial charge in [0.1, 0.15) is 16.1 Å². The quantitative estimate of drug-likeness (QED) is 0.165. The zero-order valence-corrected chi connectivity index (χ0v) is 33.1. The summed E-state index contributed by atoms with van der Waals surface area (Å²) in [6.45, 7) is 9.96. The summed E-state index contributed by atoms with van der Waals surface area (Å²) in [5.41, 5.74) is 15.5. The molecule has 0 atom stereocenters. The molecule has 0 radical (unpaired) electrons. The minimum atomic E-state index is -2.06. The van der Waals surface area contributed by atoms with Gasteiger partial charge in [-0.15, -0.1) is 0 Å². The zero-order chi connectivity index (χ0) is 36.6. The van der Waals surface area contributed by atoms with Crippen LogP contribution >= 0.6 is 0 Å². The molecule has 10 rings (SSSR count). The van der Waals surface area contributed by atoms with Crippen molar-refractivity contribution in [1.82, 2.24) is 9.97 Å². The lowest BCUT2D eigenvalue weighted by Crippen LogP contribution is -2.50. The van der Waals surface area contributed by atoms with Crippen LogP contribution in [0.3, 0.4) is 0 Å². The summed E-state index contributed by atoms with van der Waals surface area (Å²) in [4.78, 5) is 11.2. The zero-order valence-electron chi connectivity index (χ0n) is 31.1. The maximum atomic E-state index is 5.61. The maximum Gasteiger partial charge on any atom is 0.160 e. The van der Waals surface area contributed by atoms with Gasteiger partial charge in [0.15, 0.2) is 5.82 Å². The Labute approximate surface area is 319 Å². The largest absolute Gasteiger partial charge is 0.228 e. The lowest BCUT2D eigenvalue weighted by atomic mass is 9.94. The van der Waals surface area contributed by atoms with Crippen LogP contribution in [0.2, 0.25) is 26.2 Å². The molecule has 4 heteroatoms. The average Bonchev–Trinajstić information content (AvgIpc) is 3.61. The van der Waals surface area contributed by atoms with E-state index in [2.05, 4.69) is 196 Å². The highest BCUT2D eigenvalue weighted by molar-refractivity contribution is 7.05. The van der Waals surface area contributed by atoms with Crippen LogP contribution in [-0.2, 0) is 0 Å². The van der Waals surface area contributed by atoms with Gasteiger partial charge in [-0.2, -0.15) is 0 Å². The molecule has 0 spiro atoms. The number of aromatic nitrogens is 2. The molecule has 3 heterocycles. The first-order valence-corrected chi connectivity index (χ1v) is 24.9. The van der Waals surface area contributed by atoms with E-state index in [0.29, 0.717) is 0 Å². The van der Waals surface area contributed by atoms with Crippen LogP contribution in [0.5, 0.6) is 0 Å². The number of fused-ring (bicyclic) bond motifs is 6. The average molecular weight is 725 g/mol. The minimum Gasteiger partial charge on any atom is -0.228 e. The van der Waals surface area contributed by atoms with Gasteiger partial charge in [0, 0.05) is 16.7 Å². The molecule has 2 nitrogen and oxygen atoms in total. The predicted octanol–water partition coefficient (Wildman–Crippen LogP) is 10.4.